The molecule has 2 fully saturated rings. The average Bonchev–Trinajstić information content (AvgIpc) is 2.76. The summed E-state index contributed by atoms with van der Waals surface area (Å²) in [5, 5.41) is 8.84. The predicted octanol–water partition coefficient (Wildman–Crippen LogP) is 4.16. The minimum absolute atomic E-state index is 0.578. The lowest BCUT2D eigenvalue weighted by atomic mass is 9.75. The highest BCUT2D eigenvalue weighted by Crippen LogP contribution is 2.67. The molecule has 16 heavy (non-hydrogen) atoms. The Bertz CT molecular complexity index is 345. The average molecular weight is 217 g/mol. The summed E-state index contributed by atoms with van der Waals surface area (Å²) in [5.41, 5.74) is 1.96. The lowest BCUT2D eigenvalue weighted by molar-refractivity contribution is 0.277. The van der Waals surface area contributed by atoms with Crippen LogP contribution in [0.2, 0.25) is 0 Å². The molecule has 0 aromatic rings. The third-order valence-corrected chi connectivity index (χ3v) is 5.24. The van der Waals surface area contributed by atoms with Gasteiger partial charge in [0.15, 0.2) is 0 Å². The van der Waals surface area contributed by atoms with E-state index in [-0.39, 0.29) is 0 Å². The molecule has 1 heteroatoms. The first kappa shape index (κ1) is 11.7. The molecule has 1 nitrogen and oxygen atoms in total. The Balaban J connectivity index is 2.13. The van der Waals surface area contributed by atoms with Gasteiger partial charge in [0.2, 0.25) is 0 Å². The summed E-state index contributed by atoms with van der Waals surface area (Å²) >= 11 is 0. The summed E-state index contributed by atoms with van der Waals surface area (Å²) in [7, 11) is 0. The van der Waals surface area contributed by atoms with Crippen molar-refractivity contribution in [3.63, 3.8) is 0 Å². The van der Waals surface area contributed by atoms with E-state index in [1.165, 1.54) is 18.4 Å². The molecule has 0 aromatic heterocycles. The Morgan fingerprint density at radius 3 is 2.56 bits per heavy atom. The van der Waals surface area contributed by atoms with E-state index in [9.17, 15) is 0 Å². The van der Waals surface area contributed by atoms with E-state index in [0.29, 0.717) is 11.3 Å². The molecule has 0 N–H and O–H groups in total. The summed E-state index contributed by atoms with van der Waals surface area (Å²) in [6.45, 7) is 9.38. The number of allylic oxidation sites excluding steroid dienone is 2. The predicted molar refractivity (Wildman–Crippen MR) is 66.6 cm³/mol. The van der Waals surface area contributed by atoms with Gasteiger partial charge in [0.1, 0.15) is 0 Å². The molecule has 0 radical (unpaired) electrons. The van der Waals surface area contributed by atoms with Gasteiger partial charge in [0, 0.05) is 6.08 Å². The molecule has 0 aliphatic heterocycles. The van der Waals surface area contributed by atoms with Crippen LogP contribution in [0.4, 0.5) is 0 Å². The van der Waals surface area contributed by atoms with Crippen molar-refractivity contribution in [3.05, 3.63) is 11.6 Å². The van der Waals surface area contributed by atoms with Crippen LogP contribution in [-0.4, -0.2) is 0 Å². The Labute approximate surface area is 99.5 Å². The molecule has 4 atom stereocenters. The highest BCUT2D eigenvalue weighted by atomic mass is 14.6. The number of fused-ring (bicyclic) bond motifs is 1. The van der Waals surface area contributed by atoms with E-state index >= 15 is 0 Å². The molecule has 0 saturated heterocycles. The van der Waals surface area contributed by atoms with Gasteiger partial charge in [0.05, 0.1) is 6.07 Å². The van der Waals surface area contributed by atoms with Gasteiger partial charge < -0.3 is 0 Å². The van der Waals surface area contributed by atoms with Gasteiger partial charge in [-0.2, -0.15) is 5.26 Å². The fourth-order valence-electron chi connectivity index (χ4n) is 3.94. The van der Waals surface area contributed by atoms with Gasteiger partial charge in [-0.3, -0.25) is 0 Å². The number of rotatable bonds is 2. The maximum atomic E-state index is 8.84. The van der Waals surface area contributed by atoms with Crippen LogP contribution in [0.5, 0.6) is 0 Å². The van der Waals surface area contributed by atoms with Crippen LogP contribution < -0.4 is 0 Å². The lowest BCUT2D eigenvalue weighted by Crippen LogP contribution is -2.20. The summed E-state index contributed by atoms with van der Waals surface area (Å²) in [5.74, 6) is 3.32. The molecule has 88 valence electrons. The molecule has 0 spiro atoms. The van der Waals surface area contributed by atoms with E-state index in [4.69, 9.17) is 5.26 Å². The molecular weight excluding hydrogens is 194 g/mol. The molecule has 0 heterocycles. The summed E-state index contributed by atoms with van der Waals surface area (Å²) in [6.07, 6.45) is 5.53. The SMILES string of the molecule is CCC(=CC#N)C1CC2C(CC1C)C2(C)C. The van der Waals surface area contributed by atoms with Crippen molar-refractivity contribution >= 4 is 0 Å². The first-order valence-electron chi connectivity index (χ1n) is 6.60. The standard InChI is InChI=1S/C15H23N/c1-5-11(6-7-16)12-9-14-13(8-10(12)2)15(14,3)4/h6,10,12-14H,5,8-9H2,1-4H3. The van der Waals surface area contributed by atoms with E-state index in [1.807, 2.05) is 0 Å². The molecule has 2 rings (SSSR count). The smallest absolute Gasteiger partial charge is 0.0911 e. The summed E-state index contributed by atoms with van der Waals surface area (Å²) < 4.78 is 0. The van der Waals surface area contributed by atoms with Crippen molar-refractivity contribution in [2.24, 2.45) is 29.1 Å². The van der Waals surface area contributed by atoms with E-state index < -0.39 is 0 Å². The van der Waals surface area contributed by atoms with Gasteiger partial charge in [-0.25, -0.2) is 0 Å². The number of hydrogen-bond donors (Lipinski definition) is 0. The van der Waals surface area contributed by atoms with Crippen molar-refractivity contribution in [2.45, 2.75) is 47.0 Å². The van der Waals surface area contributed by atoms with E-state index in [1.54, 1.807) is 6.08 Å². The quantitative estimate of drug-likeness (QED) is 0.637. The third kappa shape index (κ3) is 1.69. The maximum Gasteiger partial charge on any atom is 0.0911 e. The molecule has 4 unspecified atom stereocenters. The maximum absolute atomic E-state index is 8.84. The first-order valence-corrected chi connectivity index (χ1v) is 6.60. The van der Waals surface area contributed by atoms with Crippen LogP contribution in [0.3, 0.4) is 0 Å². The van der Waals surface area contributed by atoms with Gasteiger partial charge in [-0.05, 0) is 48.3 Å². The second kappa shape index (κ2) is 3.91. The van der Waals surface area contributed by atoms with Crippen LogP contribution >= 0.6 is 0 Å². The topological polar surface area (TPSA) is 23.8 Å². The minimum atomic E-state index is 0.578. The van der Waals surface area contributed by atoms with Crippen LogP contribution in [0.25, 0.3) is 0 Å². The van der Waals surface area contributed by atoms with Gasteiger partial charge >= 0.3 is 0 Å². The molecule has 2 saturated carbocycles. The van der Waals surface area contributed by atoms with Crippen molar-refractivity contribution in [2.75, 3.05) is 0 Å². The lowest BCUT2D eigenvalue weighted by Gasteiger charge is -2.29. The fraction of sp³-hybridized carbons (Fsp3) is 0.800. The van der Waals surface area contributed by atoms with Gasteiger partial charge in [-0.15, -0.1) is 0 Å². The summed E-state index contributed by atoms with van der Waals surface area (Å²) in [4.78, 5) is 0. The molecule has 0 aromatic carbocycles. The Hall–Kier alpha value is -0.770. The zero-order valence-electron chi connectivity index (χ0n) is 11.0. The van der Waals surface area contributed by atoms with Crippen molar-refractivity contribution in [1.29, 1.82) is 5.26 Å². The van der Waals surface area contributed by atoms with E-state index in [0.717, 1.165) is 24.2 Å². The zero-order chi connectivity index (χ0) is 11.9. The van der Waals surface area contributed by atoms with Crippen LogP contribution in [0.1, 0.15) is 47.0 Å². The van der Waals surface area contributed by atoms with Crippen molar-refractivity contribution < 1.29 is 0 Å². The third-order valence-electron chi connectivity index (χ3n) is 5.24. The Kier molecular flexibility index (Phi) is 2.86. The number of nitrogens with zero attached hydrogens (tertiary/aromatic N) is 1. The molecule has 2 aliphatic rings. The normalized spacial score (nSPS) is 41.1. The van der Waals surface area contributed by atoms with Crippen LogP contribution in [0, 0.1) is 40.4 Å². The largest absolute Gasteiger partial charge is 0.193 e. The molecule has 2 aliphatic carbocycles. The van der Waals surface area contributed by atoms with Gasteiger partial charge in [-0.1, -0.05) is 33.3 Å². The fourth-order valence-corrected chi connectivity index (χ4v) is 3.94. The van der Waals surface area contributed by atoms with E-state index in [2.05, 4.69) is 33.8 Å². The second-order valence-corrected chi connectivity index (χ2v) is 6.29. The highest BCUT2D eigenvalue weighted by molar-refractivity contribution is 5.21. The monoisotopic (exact) mass is 217 g/mol. The van der Waals surface area contributed by atoms with Crippen molar-refractivity contribution in [3.8, 4) is 6.07 Å². The van der Waals surface area contributed by atoms with Gasteiger partial charge in [0.25, 0.3) is 0 Å². The first-order chi connectivity index (χ1) is 7.52. The highest BCUT2D eigenvalue weighted by Gasteiger charge is 2.60. The zero-order valence-corrected chi connectivity index (χ0v) is 11.0. The number of nitriles is 1. The number of hydrogen-bond acceptors (Lipinski definition) is 1. The van der Waals surface area contributed by atoms with Crippen LogP contribution in [0.15, 0.2) is 11.6 Å². The van der Waals surface area contributed by atoms with Crippen LogP contribution in [-0.2, 0) is 0 Å². The minimum Gasteiger partial charge on any atom is -0.193 e. The molecule has 0 bridgehead atoms. The molecule has 0 amide bonds. The molecular formula is C15H23N. The second-order valence-electron chi connectivity index (χ2n) is 6.29. The summed E-state index contributed by atoms with van der Waals surface area (Å²) in [6, 6.07) is 2.22. The Morgan fingerprint density at radius 1 is 1.38 bits per heavy atom. The Morgan fingerprint density at radius 2 is 2.00 bits per heavy atom. The van der Waals surface area contributed by atoms with Crippen molar-refractivity contribution in [1.82, 2.24) is 0 Å².